The van der Waals surface area contributed by atoms with E-state index in [1.165, 1.54) is 6.42 Å². The maximum Gasteiger partial charge on any atom is 0.243 e. The van der Waals surface area contributed by atoms with Crippen molar-refractivity contribution in [2.75, 3.05) is 13.2 Å². The van der Waals surface area contributed by atoms with Crippen LogP contribution in [0.5, 0.6) is 0 Å². The van der Waals surface area contributed by atoms with Crippen LogP contribution >= 0.6 is 0 Å². The Morgan fingerprint density at radius 1 is 0.933 bits per heavy atom. The summed E-state index contributed by atoms with van der Waals surface area (Å²) in [5, 5.41) is 2.14. The first-order valence-electron chi connectivity index (χ1n) is 11.1. The van der Waals surface area contributed by atoms with E-state index in [9.17, 15) is 8.42 Å². The Hall–Kier alpha value is -0.950. The van der Waals surface area contributed by atoms with Crippen molar-refractivity contribution >= 4 is 10.0 Å². The average molecular weight is 437 g/mol. The molecule has 6 heteroatoms. The van der Waals surface area contributed by atoms with Crippen LogP contribution in [-0.4, -0.2) is 47.6 Å². The molecule has 2 aliphatic heterocycles. The summed E-state index contributed by atoms with van der Waals surface area (Å²) < 4.78 is 28.9. The van der Waals surface area contributed by atoms with Crippen LogP contribution in [0.4, 0.5) is 0 Å². The van der Waals surface area contributed by atoms with Gasteiger partial charge in [-0.05, 0) is 84.8 Å². The predicted molar refractivity (Wildman–Crippen MR) is 122 cm³/mol. The van der Waals surface area contributed by atoms with Crippen molar-refractivity contribution in [2.45, 2.75) is 103 Å². The van der Waals surface area contributed by atoms with Crippen LogP contribution in [-0.2, 0) is 14.9 Å². The van der Waals surface area contributed by atoms with Crippen molar-refractivity contribution in [3.63, 3.8) is 0 Å². The van der Waals surface area contributed by atoms with E-state index in [0.717, 1.165) is 24.8 Å². The lowest BCUT2D eigenvalue weighted by Crippen LogP contribution is -2.60. The Bertz CT molecular complexity index is 858. The van der Waals surface area contributed by atoms with E-state index in [2.05, 4.69) is 46.6 Å². The molecule has 30 heavy (non-hydrogen) atoms. The van der Waals surface area contributed by atoms with Gasteiger partial charge in [-0.2, -0.15) is 9.37 Å². The van der Waals surface area contributed by atoms with Gasteiger partial charge in [0.25, 0.3) is 0 Å². The summed E-state index contributed by atoms with van der Waals surface area (Å²) in [7, 11) is -3.61. The minimum absolute atomic E-state index is 0.0765. The highest BCUT2D eigenvalue weighted by atomic mass is 32.2. The molecular formula is C24H40N2O3S. The topological polar surface area (TPSA) is 49.9 Å². The molecule has 1 aromatic rings. The number of sulfonamides is 1. The van der Waals surface area contributed by atoms with Gasteiger partial charge in [0.1, 0.15) is 0 Å². The summed E-state index contributed by atoms with van der Waals surface area (Å²) in [5.74, 6) is 0. The molecule has 5 nitrogen and oxygen atoms in total. The molecule has 0 saturated carbocycles. The van der Waals surface area contributed by atoms with Crippen LogP contribution in [0.15, 0.2) is 29.2 Å². The fourth-order valence-corrected chi connectivity index (χ4v) is 7.57. The zero-order chi connectivity index (χ0) is 22.6. The summed E-state index contributed by atoms with van der Waals surface area (Å²) >= 11 is 0. The highest BCUT2D eigenvalue weighted by Crippen LogP contribution is 2.46. The van der Waals surface area contributed by atoms with Gasteiger partial charge < -0.3 is 0 Å². The van der Waals surface area contributed by atoms with Crippen molar-refractivity contribution in [2.24, 2.45) is 5.41 Å². The van der Waals surface area contributed by atoms with Gasteiger partial charge in [-0.25, -0.2) is 8.42 Å². The minimum Gasteiger partial charge on any atom is -0.296 e. The third-order valence-corrected chi connectivity index (χ3v) is 8.84. The minimum atomic E-state index is -3.61. The molecule has 0 unspecified atom stereocenters. The van der Waals surface area contributed by atoms with Crippen LogP contribution in [0.3, 0.4) is 0 Å². The van der Waals surface area contributed by atoms with Gasteiger partial charge >= 0.3 is 0 Å². The summed E-state index contributed by atoms with van der Waals surface area (Å²) in [5.41, 5.74) is 0.191. The SMILES string of the molecule is Cc1ccc(S(=O)(=O)N2CC(C)(C)C[C@@]2(C)CON2C(C)(C)CCCC2(C)C)cc1. The van der Waals surface area contributed by atoms with Crippen molar-refractivity contribution in [1.29, 1.82) is 0 Å². The van der Waals surface area contributed by atoms with Crippen LogP contribution in [0, 0.1) is 12.3 Å². The molecule has 3 rings (SSSR count). The Morgan fingerprint density at radius 3 is 2.00 bits per heavy atom. The van der Waals surface area contributed by atoms with E-state index in [-0.39, 0.29) is 16.5 Å². The van der Waals surface area contributed by atoms with E-state index in [0.29, 0.717) is 18.0 Å². The lowest BCUT2D eigenvalue weighted by Gasteiger charge is -2.52. The van der Waals surface area contributed by atoms with Crippen LogP contribution in [0.25, 0.3) is 0 Å². The molecule has 0 bridgehead atoms. The Labute approximate surface area is 183 Å². The van der Waals surface area contributed by atoms with Crippen molar-refractivity contribution in [1.82, 2.24) is 9.37 Å². The summed E-state index contributed by atoms with van der Waals surface area (Å²) in [6.07, 6.45) is 4.09. The largest absolute Gasteiger partial charge is 0.296 e. The Balaban J connectivity index is 1.90. The third-order valence-electron chi connectivity index (χ3n) is 6.82. The van der Waals surface area contributed by atoms with Crippen molar-refractivity contribution in [3.05, 3.63) is 29.8 Å². The van der Waals surface area contributed by atoms with Crippen LogP contribution in [0.1, 0.15) is 79.7 Å². The second-order valence-electron chi connectivity index (χ2n) is 11.7. The van der Waals surface area contributed by atoms with Gasteiger partial charge in [0, 0.05) is 17.6 Å². The first-order valence-corrected chi connectivity index (χ1v) is 12.6. The second-order valence-corrected chi connectivity index (χ2v) is 13.6. The van der Waals surface area contributed by atoms with Gasteiger partial charge in [0.05, 0.1) is 17.0 Å². The molecule has 0 N–H and O–H groups in total. The predicted octanol–water partition coefficient (Wildman–Crippen LogP) is 5.15. The fourth-order valence-electron chi connectivity index (χ4n) is 5.62. The molecule has 0 aliphatic carbocycles. The number of hydrogen-bond donors (Lipinski definition) is 0. The number of benzene rings is 1. The molecule has 0 spiro atoms. The quantitative estimate of drug-likeness (QED) is 0.640. The molecule has 2 fully saturated rings. The van der Waals surface area contributed by atoms with E-state index < -0.39 is 15.6 Å². The third kappa shape index (κ3) is 4.47. The van der Waals surface area contributed by atoms with Gasteiger partial charge in [-0.3, -0.25) is 4.84 Å². The highest BCUT2D eigenvalue weighted by molar-refractivity contribution is 7.89. The van der Waals surface area contributed by atoms with E-state index in [1.54, 1.807) is 16.4 Å². The number of nitrogens with zero attached hydrogens (tertiary/aromatic N) is 2. The smallest absolute Gasteiger partial charge is 0.243 e. The van der Waals surface area contributed by atoms with Gasteiger partial charge in [-0.15, -0.1) is 0 Å². The maximum atomic E-state index is 13.6. The van der Waals surface area contributed by atoms with E-state index in [1.807, 2.05) is 26.0 Å². The van der Waals surface area contributed by atoms with E-state index in [4.69, 9.17) is 4.84 Å². The summed E-state index contributed by atoms with van der Waals surface area (Å²) in [4.78, 5) is 6.86. The molecule has 2 saturated heterocycles. The Kier molecular flexibility index (Phi) is 5.99. The normalized spacial score (nSPS) is 29.2. The first-order chi connectivity index (χ1) is 13.6. The summed E-state index contributed by atoms with van der Waals surface area (Å²) in [6.45, 7) is 18.0. The van der Waals surface area contributed by atoms with Gasteiger partial charge in [-0.1, -0.05) is 31.5 Å². The first kappa shape index (κ1) is 23.7. The summed E-state index contributed by atoms with van der Waals surface area (Å²) in [6, 6.07) is 7.16. The van der Waals surface area contributed by atoms with E-state index >= 15 is 0 Å². The fraction of sp³-hybridized carbons (Fsp3) is 0.750. The number of rotatable bonds is 5. The van der Waals surface area contributed by atoms with Crippen LogP contribution < -0.4 is 0 Å². The number of aryl methyl sites for hydroxylation is 1. The zero-order valence-electron chi connectivity index (χ0n) is 20.1. The number of hydrogen-bond acceptors (Lipinski definition) is 4. The molecule has 0 radical (unpaired) electrons. The van der Waals surface area contributed by atoms with Crippen LogP contribution in [0.2, 0.25) is 0 Å². The van der Waals surface area contributed by atoms with Gasteiger partial charge in [0.2, 0.25) is 10.0 Å². The van der Waals surface area contributed by atoms with Crippen molar-refractivity contribution in [3.8, 4) is 0 Å². The molecule has 170 valence electrons. The average Bonchev–Trinajstić information content (AvgIpc) is 2.83. The lowest BCUT2D eigenvalue weighted by atomic mass is 9.82. The lowest BCUT2D eigenvalue weighted by molar-refractivity contribution is -0.290. The highest BCUT2D eigenvalue weighted by Gasteiger charge is 2.53. The Morgan fingerprint density at radius 2 is 1.47 bits per heavy atom. The van der Waals surface area contributed by atoms with Crippen molar-refractivity contribution < 1.29 is 13.3 Å². The molecule has 2 aliphatic rings. The zero-order valence-corrected chi connectivity index (χ0v) is 20.9. The number of hydroxylamine groups is 2. The maximum absolute atomic E-state index is 13.6. The van der Waals surface area contributed by atoms with Gasteiger partial charge in [0.15, 0.2) is 0 Å². The standard InChI is InChI=1S/C24H40N2O3S/c1-19-10-12-20(13-11-19)30(27,28)25-17-21(2,3)16-24(25,8)18-29-26-22(4,5)14-9-15-23(26,6)7/h10-13H,9,14-18H2,1-8H3/t24-/m0/s1. The molecule has 0 aromatic heterocycles. The molecule has 0 amide bonds. The number of piperidine rings is 1. The molecule has 1 aromatic carbocycles. The molecule has 2 heterocycles. The molecular weight excluding hydrogens is 396 g/mol. The second kappa shape index (κ2) is 7.58. The molecule has 1 atom stereocenters. The monoisotopic (exact) mass is 436 g/mol.